The number of esters is 1. The summed E-state index contributed by atoms with van der Waals surface area (Å²) in [4.78, 5) is 23.9. The third-order valence-corrected chi connectivity index (χ3v) is 5.36. The number of benzene rings is 2. The monoisotopic (exact) mass is 403 g/mol. The fraction of sp³-hybridized carbons (Fsp3) is 0.333. The molecule has 0 heterocycles. The molecule has 2 rings (SSSR count). The average Bonchev–Trinajstić information content (AvgIpc) is 2.66. The second-order valence-electron chi connectivity index (χ2n) is 6.87. The van der Waals surface area contributed by atoms with Crippen molar-refractivity contribution in [1.82, 2.24) is 5.32 Å². The quantitative estimate of drug-likeness (QED) is 0.685. The first-order valence-electron chi connectivity index (χ1n) is 8.99. The SMILES string of the molecule is CC(C)c1ccc(CCNC(=O)COC(=O)c2ccc(S(C)(=O)=O)cc2)cc1. The third-order valence-electron chi connectivity index (χ3n) is 4.23. The van der Waals surface area contributed by atoms with E-state index in [2.05, 4.69) is 31.3 Å². The molecule has 0 spiro atoms. The first-order chi connectivity index (χ1) is 13.2. The normalized spacial score (nSPS) is 11.3. The molecule has 7 heteroatoms. The van der Waals surface area contributed by atoms with Crippen LogP contribution in [-0.2, 0) is 25.8 Å². The van der Waals surface area contributed by atoms with E-state index < -0.39 is 15.8 Å². The molecule has 0 radical (unpaired) electrons. The number of sulfone groups is 1. The van der Waals surface area contributed by atoms with Crippen LogP contribution in [0.1, 0.15) is 41.3 Å². The molecule has 0 bridgehead atoms. The maximum atomic E-state index is 11.9. The molecule has 0 unspecified atom stereocenters. The van der Waals surface area contributed by atoms with E-state index in [-0.39, 0.29) is 23.0 Å². The first-order valence-corrected chi connectivity index (χ1v) is 10.9. The van der Waals surface area contributed by atoms with Crippen molar-refractivity contribution >= 4 is 21.7 Å². The lowest BCUT2D eigenvalue weighted by atomic mass is 10.0. The van der Waals surface area contributed by atoms with E-state index in [1.54, 1.807) is 0 Å². The standard InChI is InChI=1S/C21H25NO5S/c1-15(2)17-6-4-16(5-7-17)12-13-22-20(23)14-27-21(24)18-8-10-19(11-9-18)28(3,25)26/h4-11,15H,12-14H2,1-3H3,(H,22,23). The van der Waals surface area contributed by atoms with Crippen LogP contribution in [0.2, 0.25) is 0 Å². The molecule has 1 N–H and O–H groups in total. The summed E-state index contributed by atoms with van der Waals surface area (Å²) >= 11 is 0. The third kappa shape index (κ3) is 6.49. The van der Waals surface area contributed by atoms with Crippen LogP contribution in [0.25, 0.3) is 0 Å². The van der Waals surface area contributed by atoms with Crippen LogP contribution in [0.15, 0.2) is 53.4 Å². The zero-order chi connectivity index (χ0) is 20.7. The Morgan fingerprint density at radius 2 is 1.61 bits per heavy atom. The molecular weight excluding hydrogens is 378 g/mol. The van der Waals surface area contributed by atoms with Crippen molar-refractivity contribution in [2.75, 3.05) is 19.4 Å². The van der Waals surface area contributed by atoms with Crippen molar-refractivity contribution < 1.29 is 22.7 Å². The zero-order valence-corrected chi connectivity index (χ0v) is 17.1. The summed E-state index contributed by atoms with van der Waals surface area (Å²) in [5, 5.41) is 2.71. The van der Waals surface area contributed by atoms with Crippen LogP contribution in [-0.4, -0.2) is 39.7 Å². The van der Waals surface area contributed by atoms with Crippen molar-refractivity contribution in [3.8, 4) is 0 Å². The van der Waals surface area contributed by atoms with Gasteiger partial charge in [-0.15, -0.1) is 0 Å². The van der Waals surface area contributed by atoms with Crippen molar-refractivity contribution in [3.63, 3.8) is 0 Å². The molecular formula is C21H25NO5S. The van der Waals surface area contributed by atoms with Gasteiger partial charge in [0.15, 0.2) is 16.4 Å². The van der Waals surface area contributed by atoms with Gasteiger partial charge in [0.1, 0.15) is 0 Å². The fourth-order valence-electron chi connectivity index (χ4n) is 2.52. The van der Waals surface area contributed by atoms with Gasteiger partial charge in [0.05, 0.1) is 10.5 Å². The molecule has 2 aromatic rings. The van der Waals surface area contributed by atoms with Gasteiger partial charge in [0.2, 0.25) is 0 Å². The summed E-state index contributed by atoms with van der Waals surface area (Å²) in [7, 11) is -3.33. The molecule has 0 aliphatic heterocycles. The van der Waals surface area contributed by atoms with Crippen molar-refractivity contribution in [2.45, 2.75) is 31.1 Å². The molecule has 0 aromatic heterocycles. The van der Waals surface area contributed by atoms with E-state index in [4.69, 9.17) is 4.74 Å². The maximum Gasteiger partial charge on any atom is 0.338 e. The van der Waals surface area contributed by atoms with Gasteiger partial charge < -0.3 is 10.1 Å². The van der Waals surface area contributed by atoms with Gasteiger partial charge in [-0.3, -0.25) is 4.79 Å². The molecule has 0 atom stereocenters. The van der Waals surface area contributed by atoms with Gasteiger partial charge in [-0.2, -0.15) is 0 Å². The minimum atomic E-state index is -3.33. The van der Waals surface area contributed by atoms with Gasteiger partial charge in [-0.25, -0.2) is 13.2 Å². The Labute approximate surface area is 165 Å². The minimum absolute atomic E-state index is 0.114. The Balaban J connectivity index is 1.75. The van der Waals surface area contributed by atoms with Crippen molar-refractivity contribution in [3.05, 3.63) is 65.2 Å². The lowest BCUT2D eigenvalue weighted by Gasteiger charge is -2.09. The molecule has 0 fully saturated rings. The van der Waals surface area contributed by atoms with E-state index in [0.717, 1.165) is 11.8 Å². The number of hydrogen-bond donors (Lipinski definition) is 1. The van der Waals surface area contributed by atoms with E-state index in [1.807, 2.05) is 12.1 Å². The van der Waals surface area contributed by atoms with Crippen LogP contribution in [0.3, 0.4) is 0 Å². The van der Waals surface area contributed by atoms with Crippen molar-refractivity contribution in [2.24, 2.45) is 0 Å². The lowest BCUT2D eigenvalue weighted by Crippen LogP contribution is -2.30. The Kier molecular flexibility index (Phi) is 7.34. The van der Waals surface area contributed by atoms with E-state index in [1.165, 1.54) is 29.8 Å². The number of rotatable bonds is 8. The van der Waals surface area contributed by atoms with Crippen molar-refractivity contribution in [1.29, 1.82) is 0 Å². The molecule has 2 aromatic carbocycles. The molecule has 0 aliphatic rings. The van der Waals surface area contributed by atoms with Crippen LogP contribution >= 0.6 is 0 Å². The Bertz CT molecular complexity index is 916. The van der Waals surface area contributed by atoms with E-state index in [0.29, 0.717) is 18.9 Å². The summed E-state index contributed by atoms with van der Waals surface area (Å²) < 4.78 is 27.8. The number of hydrogen-bond acceptors (Lipinski definition) is 5. The molecule has 0 saturated heterocycles. The number of carbonyl (C=O) groups is 2. The highest BCUT2D eigenvalue weighted by atomic mass is 32.2. The van der Waals surface area contributed by atoms with Gasteiger partial charge in [-0.1, -0.05) is 38.1 Å². The minimum Gasteiger partial charge on any atom is -0.452 e. The number of amides is 1. The summed E-state index contributed by atoms with van der Waals surface area (Å²) in [6, 6.07) is 13.6. The second-order valence-corrected chi connectivity index (χ2v) is 8.88. The van der Waals surface area contributed by atoms with Gasteiger partial charge in [0.25, 0.3) is 5.91 Å². The molecule has 0 aliphatic carbocycles. The maximum absolute atomic E-state index is 11.9. The fourth-order valence-corrected chi connectivity index (χ4v) is 3.15. The van der Waals surface area contributed by atoms with Crippen LogP contribution < -0.4 is 5.32 Å². The predicted octanol–water partition coefficient (Wildman–Crippen LogP) is 2.73. The lowest BCUT2D eigenvalue weighted by molar-refractivity contribution is -0.124. The predicted molar refractivity (Wildman–Crippen MR) is 107 cm³/mol. The van der Waals surface area contributed by atoms with Crippen LogP contribution in [0.4, 0.5) is 0 Å². The highest BCUT2D eigenvalue weighted by Gasteiger charge is 2.12. The summed E-state index contributed by atoms with van der Waals surface area (Å²) in [5.41, 5.74) is 2.57. The highest BCUT2D eigenvalue weighted by Crippen LogP contribution is 2.15. The van der Waals surface area contributed by atoms with Gasteiger partial charge in [0, 0.05) is 12.8 Å². The molecule has 150 valence electrons. The largest absolute Gasteiger partial charge is 0.452 e. The van der Waals surface area contributed by atoms with E-state index in [9.17, 15) is 18.0 Å². The van der Waals surface area contributed by atoms with Crippen LogP contribution in [0, 0.1) is 0 Å². The number of carbonyl (C=O) groups excluding carboxylic acids is 2. The summed E-state index contributed by atoms with van der Waals surface area (Å²) in [6.07, 6.45) is 1.77. The van der Waals surface area contributed by atoms with Gasteiger partial charge in [-0.05, 0) is 47.7 Å². The summed E-state index contributed by atoms with van der Waals surface area (Å²) in [6.45, 7) is 4.33. The number of nitrogens with one attached hydrogen (secondary N) is 1. The highest BCUT2D eigenvalue weighted by molar-refractivity contribution is 7.90. The zero-order valence-electron chi connectivity index (χ0n) is 16.3. The van der Waals surface area contributed by atoms with Gasteiger partial charge >= 0.3 is 5.97 Å². The smallest absolute Gasteiger partial charge is 0.338 e. The molecule has 28 heavy (non-hydrogen) atoms. The first kappa shape index (κ1) is 21.6. The molecule has 1 amide bonds. The van der Waals surface area contributed by atoms with Crippen LogP contribution in [0.5, 0.6) is 0 Å². The Hall–Kier alpha value is -2.67. The second kappa shape index (κ2) is 9.50. The Morgan fingerprint density at radius 1 is 1.00 bits per heavy atom. The average molecular weight is 404 g/mol. The van der Waals surface area contributed by atoms with E-state index >= 15 is 0 Å². The Morgan fingerprint density at radius 3 is 2.14 bits per heavy atom. The molecule has 6 nitrogen and oxygen atoms in total. The number of ether oxygens (including phenoxy) is 1. The topological polar surface area (TPSA) is 89.5 Å². The summed E-state index contributed by atoms with van der Waals surface area (Å²) in [5.74, 6) is -0.592. The molecule has 0 saturated carbocycles.